The number of hydrogen-bond acceptors (Lipinski definition) is 7. The molecule has 0 bridgehead atoms. The maximum Gasteiger partial charge on any atom is 0.387 e. The molecule has 0 aliphatic carbocycles. The number of carbonyl (C=O) groups excluding carboxylic acids is 1. The highest BCUT2D eigenvalue weighted by Crippen LogP contribution is 2.27. The van der Waals surface area contributed by atoms with Crippen LogP contribution >= 0.6 is 0 Å². The lowest BCUT2D eigenvalue weighted by atomic mass is 10.1. The topological polar surface area (TPSA) is 128 Å². The van der Waals surface area contributed by atoms with Gasteiger partial charge in [0.1, 0.15) is 23.1 Å². The van der Waals surface area contributed by atoms with Crippen molar-refractivity contribution in [2.75, 3.05) is 11.1 Å². The number of nitrogen functional groups attached to an aromatic ring is 1. The quantitative estimate of drug-likeness (QED) is 0.408. The minimum atomic E-state index is -3.01. The summed E-state index contributed by atoms with van der Waals surface area (Å²) in [6.45, 7) is 0.637. The first-order valence-electron chi connectivity index (χ1n) is 9.85. The van der Waals surface area contributed by atoms with Crippen LogP contribution in [0.2, 0.25) is 0 Å². The molecule has 4 rings (SSSR count). The fraction of sp³-hybridized carbons (Fsp3) is 0.182. The molecular weight excluding hydrogens is 434 g/mol. The second-order valence-electron chi connectivity index (χ2n) is 7.30. The molecule has 33 heavy (non-hydrogen) atoms. The van der Waals surface area contributed by atoms with Gasteiger partial charge in [0.15, 0.2) is 11.9 Å². The van der Waals surface area contributed by atoms with E-state index in [4.69, 9.17) is 5.73 Å². The maximum atomic E-state index is 12.5. The molecule has 0 radical (unpaired) electrons. The van der Waals surface area contributed by atoms with Gasteiger partial charge in [0.2, 0.25) is 0 Å². The number of amides is 1. The standard InChI is InChI=1S/C22H20F2N6O3/c1-11-8-14(28-21(32)19(31)13-4-3-5-15(9-13)33-22(23)24)6-7-16(11)30-18-17(12(2)29-30)26-10-27-20(18)25/h3-10,19,22,31H,1-2H3,(H,28,32)(H2,25,26,27). The Kier molecular flexibility index (Phi) is 5.88. The first-order valence-corrected chi connectivity index (χ1v) is 9.85. The molecule has 2 heterocycles. The van der Waals surface area contributed by atoms with Gasteiger partial charge in [-0.15, -0.1) is 0 Å². The van der Waals surface area contributed by atoms with Crippen LogP contribution in [0.3, 0.4) is 0 Å². The van der Waals surface area contributed by atoms with E-state index in [9.17, 15) is 18.7 Å². The van der Waals surface area contributed by atoms with E-state index in [0.29, 0.717) is 33.9 Å². The molecule has 4 aromatic rings. The number of nitrogens with zero attached hydrogens (tertiary/aromatic N) is 4. The molecule has 2 aromatic carbocycles. The van der Waals surface area contributed by atoms with Gasteiger partial charge in [-0.2, -0.15) is 13.9 Å². The molecule has 0 saturated carbocycles. The number of alkyl halides is 2. The van der Waals surface area contributed by atoms with Crippen LogP contribution in [0.1, 0.15) is 22.9 Å². The number of aryl methyl sites for hydroxylation is 2. The van der Waals surface area contributed by atoms with E-state index in [1.807, 2.05) is 13.8 Å². The number of aliphatic hydroxyl groups is 1. The van der Waals surface area contributed by atoms with E-state index in [0.717, 1.165) is 5.56 Å². The van der Waals surface area contributed by atoms with Gasteiger partial charge in [0.25, 0.3) is 5.91 Å². The lowest BCUT2D eigenvalue weighted by molar-refractivity contribution is -0.124. The van der Waals surface area contributed by atoms with E-state index < -0.39 is 18.6 Å². The van der Waals surface area contributed by atoms with Crippen LogP contribution in [0.25, 0.3) is 16.7 Å². The van der Waals surface area contributed by atoms with Crippen molar-refractivity contribution in [2.45, 2.75) is 26.6 Å². The Bertz CT molecular complexity index is 1340. The van der Waals surface area contributed by atoms with Crippen LogP contribution < -0.4 is 15.8 Å². The van der Waals surface area contributed by atoms with E-state index >= 15 is 0 Å². The summed E-state index contributed by atoms with van der Waals surface area (Å²) in [6.07, 6.45) is -0.205. The monoisotopic (exact) mass is 454 g/mol. The Morgan fingerprint density at radius 2 is 1.97 bits per heavy atom. The molecule has 9 nitrogen and oxygen atoms in total. The van der Waals surface area contributed by atoms with Gasteiger partial charge in [0, 0.05) is 5.69 Å². The number of fused-ring (bicyclic) bond motifs is 1. The van der Waals surface area contributed by atoms with Crippen molar-refractivity contribution in [1.82, 2.24) is 19.7 Å². The number of rotatable bonds is 6. The molecule has 0 spiro atoms. The molecule has 1 amide bonds. The highest BCUT2D eigenvalue weighted by atomic mass is 19.3. The largest absolute Gasteiger partial charge is 0.435 e. The van der Waals surface area contributed by atoms with Gasteiger partial charge >= 0.3 is 6.61 Å². The summed E-state index contributed by atoms with van der Waals surface area (Å²) >= 11 is 0. The number of ether oxygens (including phenoxy) is 1. The Morgan fingerprint density at radius 3 is 2.70 bits per heavy atom. The predicted octanol–water partition coefficient (Wildman–Crippen LogP) is 3.29. The van der Waals surface area contributed by atoms with Crippen LogP contribution in [0.5, 0.6) is 5.75 Å². The van der Waals surface area contributed by atoms with Crippen LogP contribution in [0, 0.1) is 13.8 Å². The Balaban J connectivity index is 1.57. The number of benzene rings is 2. The normalized spacial score (nSPS) is 12.2. The molecule has 2 aromatic heterocycles. The third-order valence-electron chi connectivity index (χ3n) is 4.99. The summed E-state index contributed by atoms with van der Waals surface area (Å²) in [6, 6.07) is 10.4. The van der Waals surface area contributed by atoms with Crippen molar-refractivity contribution in [2.24, 2.45) is 0 Å². The Morgan fingerprint density at radius 1 is 1.18 bits per heavy atom. The van der Waals surface area contributed by atoms with Crippen molar-refractivity contribution in [1.29, 1.82) is 0 Å². The Hall–Kier alpha value is -4.12. The third-order valence-corrected chi connectivity index (χ3v) is 4.99. The maximum absolute atomic E-state index is 12.5. The van der Waals surface area contributed by atoms with Gasteiger partial charge in [-0.05, 0) is 55.3 Å². The second-order valence-corrected chi connectivity index (χ2v) is 7.30. The van der Waals surface area contributed by atoms with Gasteiger partial charge in [-0.25, -0.2) is 14.6 Å². The van der Waals surface area contributed by atoms with Crippen LogP contribution in [-0.4, -0.2) is 37.4 Å². The van der Waals surface area contributed by atoms with E-state index in [1.165, 1.54) is 30.6 Å². The summed E-state index contributed by atoms with van der Waals surface area (Å²) in [5.41, 5.74) is 9.97. The fourth-order valence-electron chi connectivity index (χ4n) is 3.48. The van der Waals surface area contributed by atoms with Gasteiger partial charge < -0.3 is 20.9 Å². The smallest absolute Gasteiger partial charge is 0.387 e. The number of nitrogens with two attached hydrogens (primary N) is 1. The van der Waals surface area contributed by atoms with Gasteiger partial charge in [-0.1, -0.05) is 12.1 Å². The number of carbonyl (C=O) groups is 1. The van der Waals surface area contributed by atoms with Crippen molar-refractivity contribution in [3.63, 3.8) is 0 Å². The summed E-state index contributed by atoms with van der Waals surface area (Å²) in [5, 5.41) is 17.5. The van der Waals surface area contributed by atoms with Crippen LogP contribution in [-0.2, 0) is 4.79 Å². The number of halogens is 2. The lowest BCUT2D eigenvalue weighted by Gasteiger charge is -2.15. The number of hydrogen-bond donors (Lipinski definition) is 3. The van der Waals surface area contributed by atoms with E-state index in [2.05, 4.69) is 25.1 Å². The van der Waals surface area contributed by atoms with E-state index in [-0.39, 0.29) is 11.3 Å². The SMILES string of the molecule is Cc1cc(NC(=O)C(O)c2cccc(OC(F)F)c2)ccc1-n1nc(C)c2ncnc(N)c21. The molecule has 1 unspecified atom stereocenters. The zero-order valence-corrected chi connectivity index (χ0v) is 17.7. The molecule has 4 N–H and O–H groups in total. The highest BCUT2D eigenvalue weighted by Gasteiger charge is 2.20. The first kappa shape index (κ1) is 22.1. The third kappa shape index (κ3) is 4.44. The van der Waals surface area contributed by atoms with Crippen molar-refractivity contribution >= 4 is 28.4 Å². The van der Waals surface area contributed by atoms with Crippen LogP contribution in [0.4, 0.5) is 20.3 Å². The van der Waals surface area contributed by atoms with Gasteiger partial charge in [-0.3, -0.25) is 4.79 Å². The second kappa shape index (κ2) is 8.79. The Labute approximate surface area is 186 Å². The molecule has 0 fully saturated rings. The zero-order valence-electron chi connectivity index (χ0n) is 17.7. The summed E-state index contributed by atoms with van der Waals surface area (Å²) < 4.78 is 30.8. The number of aromatic nitrogens is 4. The molecule has 11 heteroatoms. The fourth-order valence-corrected chi connectivity index (χ4v) is 3.48. The first-order chi connectivity index (χ1) is 15.7. The number of anilines is 2. The molecule has 0 saturated heterocycles. The zero-order chi connectivity index (χ0) is 23.7. The summed E-state index contributed by atoms with van der Waals surface area (Å²) in [5.74, 6) is -0.590. The molecule has 1 atom stereocenters. The molecule has 0 aliphatic rings. The van der Waals surface area contributed by atoms with Crippen molar-refractivity contribution in [3.05, 3.63) is 65.6 Å². The minimum absolute atomic E-state index is 0.118. The van der Waals surface area contributed by atoms with E-state index in [1.54, 1.807) is 22.9 Å². The van der Waals surface area contributed by atoms with Crippen LogP contribution in [0.15, 0.2) is 48.8 Å². The highest BCUT2D eigenvalue weighted by molar-refractivity contribution is 5.95. The summed E-state index contributed by atoms with van der Waals surface area (Å²) in [7, 11) is 0. The summed E-state index contributed by atoms with van der Waals surface area (Å²) in [4.78, 5) is 20.8. The number of aliphatic hydroxyl groups excluding tert-OH is 1. The average molecular weight is 454 g/mol. The molecule has 0 aliphatic heterocycles. The molecular formula is C22H20F2N6O3. The van der Waals surface area contributed by atoms with Crippen molar-refractivity contribution < 1.29 is 23.4 Å². The average Bonchev–Trinajstić information content (AvgIpc) is 3.10. The number of nitrogens with one attached hydrogen (secondary N) is 1. The molecule has 170 valence electrons. The minimum Gasteiger partial charge on any atom is -0.435 e. The van der Waals surface area contributed by atoms with Crippen molar-refractivity contribution in [3.8, 4) is 11.4 Å². The lowest BCUT2D eigenvalue weighted by Crippen LogP contribution is -2.21. The predicted molar refractivity (Wildman–Crippen MR) is 117 cm³/mol. The van der Waals surface area contributed by atoms with Gasteiger partial charge in [0.05, 0.1) is 11.4 Å².